The number of urea groups is 1. The van der Waals surface area contributed by atoms with Crippen LogP contribution in [0.15, 0.2) is 72.8 Å². The molecule has 0 fully saturated rings. The van der Waals surface area contributed by atoms with E-state index in [2.05, 4.69) is 40.2 Å². The van der Waals surface area contributed by atoms with Crippen LogP contribution in [0.25, 0.3) is 11.1 Å². The van der Waals surface area contributed by atoms with Crippen molar-refractivity contribution in [2.45, 2.75) is 12.5 Å². The Balaban J connectivity index is 1.17. The summed E-state index contributed by atoms with van der Waals surface area (Å²) in [5.41, 5.74) is 5.44. The monoisotopic (exact) mass is 459 g/mol. The van der Waals surface area contributed by atoms with Gasteiger partial charge in [0, 0.05) is 25.6 Å². The summed E-state index contributed by atoms with van der Waals surface area (Å²) in [6.45, 7) is 0.833. The smallest absolute Gasteiger partial charge is 0.407 e. The van der Waals surface area contributed by atoms with Gasteiger partial charge in [0.25, 0.3) is 0 Å². The van der Waals surface area contributed by atoms with Gasteiger partial charge >= 0.3 is 18.1 Å². The van der Waals surface area contributed by atoms with Crippen LogP contribution >= 0.6 is 0 Å². The molecule has 4 rings (SSSR count). The van der Waals surface area contributed by atoms with E-state index < -0.39 is 18.1 Å². The molecule has 3 aromatic carbocycles. The first-order valence-electron chi connectivity index (χ1n) is 11.0. The van der Waals surface area contributed by atoms with Gasteiger partial charge in [0.1, 0.15) is 6.61 Å². The molecule has 3 amide bonds. The van der Waals surface area contributed by atoms with Crippen LogP contribution in [-0.2, 0) is 11.3 Å². The van der Waals surface area contributed by atoms with Gasteiger partial charge in [-0.2, -0.15) is 0 Å². The quantitative estimate of drug-likeness (QED) is 0.383. The molecule has 0 saturated carbocycles. The highest BCUT2D eigenvalue weighted by molar-refractivity contribution is 5.87. The number of alkyl carbamates (subject to hydrolysis) is 1. The number of nitrogens with one attached hydrogen (secondary N) is 3. The van der Waals surface area contributed by atoms with Crippen LogP contribution in [0.2, 0.25) is 0 Å². The minimum atomic E-state index is -1.02. The van der Waals surface area contributed by atoms with Gasteiger partial charge in [-0.3, -0.25) is 0 Å². The standard InChI is InChI=1S/C26H25N3O5/c30-24(31)18-7-5-6-17(14-18)15-29-25(32)27-12-13-28-26(33)34-16-23-21-10-3-1-8-19(21)20-9-2-4-11-22(20)23/h1-11,14,23H,12-13,15-16H2,(H,28,33)(H,30,31)(H2,27,29,32). The maximum absolute atomic E-state index is 12.2. The highest BCUT2D eigenvalue weighted by Crippen LogP contribution is 2.44. The molecule has 3 aromatic rings. The molecule has 0 atom stereocenters. The molecule has 174 valence electrons. The van der Waals surface area contributed by atoms with Crippen molar-refractivity contribution < 1.29 is 24.2 Å². The number of carboxylic acids is 1. The van der Waals surface area contributed by atoms with E-state index in [-0.39, 0.29) is 37.7 Å². The second-order valence-electron chi connectivity index (χ2n) is 7.87. The van der Waals surface area contributed by atoms with Gasteiger partial charge in [-0.15, -0.1) is 0 Å². The number of fused-ring (bicyclic) bond motifs is 3. The lowest BCUT2D eigenvalue weighted by Crippen LogP contribution is -2.40. The number of carboxylic acid groups (broad SMARTS) is 1. The third kappa shape index (κ3) is 5.35. The molecule has 0 radical (unpaired) electrons. The first-order valence-corrected chi connectivity index (χ1v) is 11.0. The number of ether oxygens (including phenoxy) is 1. The summed E-state index contributed by atoms with van der Waals surface area (Å²) in [5, 5.41) is 16.9. The normalized spacial score (nSPS) is 11.8. The Morgan fingerprint density at radius 1 is 0.794 bits per heavy atom. The molecule has 0 bridgehead atoms. The minimum Gasteiger partial charge on any atom is -0.478 e. The Bertz CT molecular complexity index is 1160. The van der Waals surface area contributed by atoms with Crippen molar-refractivity contribution in [3.63, 3.8) is 0 Å². The average Bonchev–Trinajstić information content (AvgIpc) is 3.18. The first kappa shape index (κ1) is 22.8. The van der Waals surface area contributed by atoms with E-state index >= 15 is 0 Å². The zero-order chi connectivity index (χ0) is 23.9. The second-order valence-corrected chi connectivity index (χ2v) is 7.87. The number of amides is 3. The number of aromatic carboxylic acids is 1. The molecule has 8 nitrogen and oxygen atoms in total. The Labute approximate surface area is 197 Å². The first-order chi connectivity index (χ1) is 16.5. The molecule has 1 aliphatic carbocycles. The summed E-state index contributed by atoms with van der Waals surface area (Å²) >= 11 is 0. The molecule has 4 N–H and O–H groups in total. The van der Waals surface area contributed by atoms with Crippen molar-refractivity contribution in [3.05, 3.63) is 95.1 Å². The average molecular weight is 460 g/mol. The van der Waals surface area contributed by atoms with Crippen LogP contribution in [0.3, 0.4) is 0 Å². The Morgan fingerprint density at radius 2 is 1.44 bits per heavy atom. The van der Waals surface area contributed by atoms with E-state index in [1.165, 1.54) is 12.1 Å². The summed E-state index contributed by atoms with van der Waals surface area (Å²) in [7, 11) is 0. The molecule has 0 saturated heterocycles. The number of carbonyl (C=O) groups is 3. The molecule has 0 spiro atoms. The van der Waals surface area contributed by atoms with E-state index in [9.17, 15) is 14.4 Å². The minimum absolute atomic E-state index is 0.0123. The SMILES string of the molecule is O=C(NCCNC(=O)OCC1c2ccccc2-c2ccccc21)NCc1cccc(C(=O)O)c1. The lowest BCUT2D eigenvalue weighted by atomic mass is 9.98. The van der Waals surface area contributed by atoms with Crippen molar-refractivity contribution >= 4 is 18.1 Å². The lowest BCUT2D eigenvalue weighted by Gasteiger charge is -2.14. The molecular formula is C26H25N3O5. The van der Waals surface area contributed by atoms with Gasteiger partial charge in [0.2, 0.25) is 0 Å². The van der Waals surface area contributed by atoms with Crippen molar-refractivity contribution in [3.8, 4) is 11.1 Å². The van der Waals surface area contributed by atoms with Gasteiger partial charge < -0.3 is 25.8 Å². The highest BCUT2D eigenvalue weighted by Gasteiger charge is 2.28. The van der Waals surface area contributed by atoms with Gasteiger partial charge in [0.05, 0.1) is 5.56 Å². The van der Waals surface area contributed by atoms with E-state index in [1.807, 2.05) is 24.3 Å². The fourth-order valence-corrected chi connectivity index (χ4v) is 4.05. The van der Waals surface area contributed by atoms with Crippen molar-refractivity contribution in [1.82, 2.24) is 16.0 Å². The van der Waals surface area contributed by atoms with Crippen LogP contribution < -0.4 is 16.0 Å². The molecule has 0 heterocycles. The van der Waals surface area contributed by atoms with Gasteiger partial charge in [-0.05, 0) is 39.9 Å². The van der Waals surface area contributed by atoms with E-state index in [0.29, 0.717) is 5.56 Å². The maximum atomic E-state index is 12.2. The van der Waals surface area contributed by atoms with Crippen molar-refractivity contribution in [2.75, 3.05) is 19.7 Å². The third-order valence-electron chi connectivity index (χ3n) is 5.65. The Kier molecular flexibility index (Phi) is 7.07. The predicted molar refractivity (Wildman–Crippen MR) is 127 cm³/mol. The van der Waals surface area contributed by atoms with Crippen LogP contribution in [-0.4, -0.2) is 42.9 Å². The van der Waals surface area contributed by atoms with Crippen molar-refractivity contribution in [2.24, 2.45) is 0 Å². The number of hydrogen-bond acceptors (Lipinski definition) is 4. The molecule has 0 aliphatic heterocycles. The molecule has 0 unspecified atom stereocenters. The van der Waals surface area contributed by atoms with Crippen LogP contribution in [0.1, 0.15) is 33.0 Å². The third-order valence-corrected chi connectivity index (χ3v) is 5.65. The number of carbonyl (C=O) groups excluding carboxylic acids is 2. The van der Waals surface area contributed by atoms with E-state index in [1.54, 1.807) is 12.1 Å². The fraction of sp³-hybridized carbons (Fsp3) is 0.192. The zero-order valence-corrected chi connectivity index (χ0v) is 18.4. The lowest BCUT2D eigenvalue weighted by molar-refractivity contribution is 0.0696. The largest absolute Gasteiger partial charge is 0.478 e. The fourth-order valence-electron chi connectivity index (χ4n) is 4.05. The van der Waals surface area contributed by atoms with Crippen LogP contribution in [0, 0.1) is 0 Å². The van der Waals surface area contributed by atoms with Gasteiger partial charge in [0.15, 0.2) is 0 Å². The summed E-state index contributed by atoms with van der Waals surface area (Å²) in [5.74, 6) is -1.03. The number of benzene rings is 3. The van der Waals surface area contributed by atoms with E-state index in [4.69, 9.17) is 9.84 Å². The van der Waals surface area contributed by atoms with Crippen molar-refractivity contribution in [1.29, 1.82) is 0 Å². The van der Waals surface area contributed by atoms with Crippen LogP contribution in [0.5, 0.6) is 0 Å². The van der Waals surface area contributed by atoms with Crippen LogP contribution in [0.4, 0.5) is 9.59 Å². The molecule has 8 heteroatoms. The summed E-state index contributed by atoms with van der Waals surface area (Å²) in [6, 6.07) is 22.2. The Hall–Kier alpha value is -4.33. The molecule has 1 aliphatic rings. The van der Waals surface area contributed by atoms with Gasteiger partial charge in [-0.25, -0.2) is 14.4 Å². The summed E-state index contributed by atoms with van der Waals surface area (Å²) < 4.78 is 5.46. The maximum Gasteiger partial charge on any atom is 0.407 e. The molecule has 34 heavy (non-hydrogen) atoms. The topological polar surface area (TPSA) is 117 Å². The highest BCUT2D eigenvalue weighted by atomic mass is 16.5. The second kappa shape index (κ2) is 10.5. The van der Waals surface area contributed by atoms with E-state index in [0.717, 1.165) is 22.3 Å². The summed E-state index contributed by atoms with van der Waals surface area (Å²) in [4.78, 5) is 35.1. The van der Waals surface area contributed by atoms with Gasteiger partial charge in [-0.1, -0.05) is 60.7 Å². The zero-order valence-electron chi connectivity index (χ0n) is 18.4. The number of rotatable bonds is 8. The Morgan fingerprint density at radius 3 is 2.12 bits per heavy atom. The number of hydrogen-bond donors (Lipinski definition) is 4. The summed E-state index contributed by atoms with van der Waals surface area (Å²) in [6.07, 6.45) is -0.547. The predicted octanol–water partition coefficient (Wildman–Crippen LogP) is 3.72. The molecular weight excluding hydrogens is 434 g/mol. The molecule has 0 aromatic heterocycles.